The molecule has 1 unspecified atom stereocenters. The fraction of sp³-hybridized carbons (Fsp3) is 0.200. The molecule has 0 spiro atoms. The van der Waals surface area contributed by atoms with E-state index in [1.165, 1.54) is 12.1 Å². The van der Waals surface area contributed by atoms with Gasteiger partial charge in [-0.25, -0.2) is 4.39 Å². The Morgan fingerprint density at radius 3 is 2.62 bits per heavy atom. The number of nitrogens with one attached hydrogen (secondary N) is 1. The molecule has 0 radical (unpaired) electrons. The quantitative estimate of drug-likeness (QED) is 0.568. The predicted octanol–water partition coefficient (Wildman–Crippen LogP) is 4.11. The Hall–Kier alpha value is -0.950. The highest BCUT2D eigenvalue weighted by Crippen LogP contribution is 2.30. The number of halogens is 3. The number of benzene rings is 2. The molecule has 0 bridgehead atoms. The van der Waals surface area contributed by atoms with Crippen molar-refractivity contribution in [2.24, 2.45) is 5.84 Å². The topological polar surface area (TPSA) is 47.3 Å². The largest absolute Gasteiger partial charge is 0.497 e. The molecule has 0 fully saturated rings. The van der Waals surface area contributed by atoms with Gasteiger partial charge in [0.05, 0.1) is 13.2 Å². The number of ether oxygens (including phenoxy) is 1. The van der Waals surface area contributed by atoms with Crippen LogP contribution in [0, 0.1) is 5.82 Å². The molecule has 21 heavy (non-hydrogen) atoms. The van der Waals surface area contributed by atoms with Crippen molar-refractivity contribution in [3.63, 3.8) is 0 Å². The molecule has 0 aliphatic heterocycles. The summed E-state index contributed by atoms with van der Waals surface area (Å²) in [6.45, 7) is 0. The summed E-state index contributed by atoms with van der Waals surface area (Å²) in [7, 11) is 1.61. The summed E-state index contributed by atoms with van der Waals surface area (Å²) in [6, 6.07) is 10.3. The van der Waals surface area contributed by atoms with Crippen LogP contribution in [0.3, 0.4) is 0 Å². The van der Waals surface area contributed by atoms with Gasteiger partial charge in [0.15, 0.2) is 0 Å². The van der Waals surface area contributed by atoms with E-state index < -0.39 is 0 Å². The highest BCUT2D eigenvalue weighted by Gasteiger charge is 2.15. The van der Waals surface area contributed by atoms with Crippen molar-refractivity contribution in [3.8, 4) is 5.75 Å². The van der Waals surface area contributed by atoms with Crippen LogP contribution >= 0.6 is 31.9 Å². The molecule has 0 saturated carbocycles. The third-order valence-corrected chi connectivity index (χ3v) is 4.32. The fourth-order valence-electron chi connectivity index (χ4n) is 2.14. The highest BCUT2D eigenvalue weighted by molar-refractivity contribution is 9.10. The lowest BCUT2D eigenvalue weighted by Gasteiger charge is -2.19. The van der Waals surface area contributed by atoms with Gasteiger partial charge in [0, 0.05) is 8.95 Å². The molecular formula is C15H15Br2FN2O. The third-order valence-electron chi connectivity index (χ3n) is 3.14. The van der Waals surface area contributed by atoms with Crippen LogP contribution in [0.1, 0.15) is 17.2 Å². The SMILES string of the molecule is COc1ccc(Br)c(C(Cc2cc(F)cc(Br)c2)NN)c1. The Morgan fingerprint density at radius 1 is 1.24 bits per heavy atom. The molecule has 3 N–H and O–H groups in total. The molecule has 0 aliphatic rings. The summed E-state index contributed by atoms with van der Waals surface area (Å²) in [5.74, 6) is 6.14. The van der Waals surface area contributed by atoms with Gasteiger partial charge in [0.25, 0.3) is 0 Å². The molecule has 2 rings (SSSR count). The molecule has 1 atom stereocenters. The summed E-state index contributed by atoms with van der Waals surface area (Å²) >= 11 is 6.81. The zero-order chi connectivity index (χ0) is 15.4. The minimum Gasteiger partial charge on any atom is -0.497 e. The lowest BCUT2D eigenvalue weighted by molar-refractivity contribution is 0.412. The van der Waals surface area contributed by atoms with Crippen LogP contribution in [0.15, 0.2) is 45.3 Å². The Kier molecular flexibility index (Phi) is 5.75. The van der Waals surface area contributed by atoms with Gasteiger partial charge in [-0.3, -0.25) is 11.3 Å². The summed E-state index contributed by atoms with van der Waals surface area (Å²) in [5.41, 5.74) is 4.58. The number of hydrazine groups is 1. The first-order valence-corrected chi connectivity index (χ1v) is 7.86. The molecule has 2 aromatic rings. The molecule has 0 heterocycles. The molecule has 0 aliphatic carbocycles. The van der Waals surface area contributed by atoms with Gasteiger partial charge in [-0.15, -0.1) is 0 Å². The van der Waals surface area contributed by atoms with Crippen LogP contribution in [0.5, 0.6) is 5.75 Å². The Bertz CT molecular complexity index is 617. The molecule has 0 amide bonds. The number of hydrogen-bond acceptors (Lipinski definition) is 3. The smallest absolute Gasteiger partial charge is 0.124 e. The molecular weight excluding hydrogens is 403 g/mol. The van der Waals surface area contributed by atoms with E-state index in [0.29, 0.717) is 10.9 Å². The number of hydrogen-bond donors (Lipinski definition) is 2. The standard InChI is InChI=1S/C15H15Br2FN2O/c1-21-12-2-3-14(17)13(8-12)15(20-19)6-9-4-10(16)7-11(18)5-9/h2-5,7-8,15,20H,6,19H2,1H3. The van der Waals surface area contributed by atoms with Crippen molar-refractivity contribution in [2.75, 3.05) is 7.11 Å². The van der Waals surface area contributed by atoms with Crippen molar-refractivity contribution < 1.29 is 9.13 Å². The maximum Gasteiger partial charge on any atom is 0.124 e. The van der Waals surface area contributed by atoms with Crippen molar-refractivity contribution >= 4 is 31.9 Å². The highest BCUT2D eigenvalue weighted by atomic mass is 79.9. The van der Waals surface area contributed by atoms with E-state index in [4.69, 9.17) is 10.6 Å². The van der Waals surface area contributed by atoms with Gasteiger partial charge < -0.3 is 4.74 Å². The minimum atomic E-state index is -0.278. The van der Waals surface area contributed by atoms with E-state index in [1.807, 2.05) is 24.3 Å². The zero-order valence-electron chi connectivity index (χ0n) is 11.4. The predicted molar refractivity (Wildman–Crippen MR) is 88.6 cm³/mol. The third kappa shape index (κ3) is 4.26. The van der Waals surface area contributed by atoms with Crippen LogP contribution in [-0.4, -0.2) is 7.11 Å². The van der Waals surface area contributed by atoms with Gasteiger partial charge >= 0.3 is 0 Å². The van der Waals surface area contributed by atoms with Gasteiger partial charge in [-0.05, 0) is 53.9 Å². The molecule has 3 nitrogen and oxygen atoms in total. The maximum absolute atomic E-state index is 13.5. The average Bonchev–Trinajstić information content (AvgIpc) is 2.44. The Balaban J connectivity index is 2.31. The van der Waals surface area contributed by atoms with E-state index in [1.54, 1.807) is 7.11 Å². The first-order chi connectivity index (χ1) is 10.0. The first-order valence-electron chi connectivity index (χ1n) is 6.28. The fourth-order valence-corrected chi connectivity index (χ4v) is 3.17. The second-order valence-electron chi connectivity index (χ2n) is 4.59. The Morgan fingerprint density at radius 2 is 2.00 bits per heavy atom. The summed E-state index contributed by atoms with van der Waals surface area (Å²) in [4.78, 5) is 0. The van der Waals surface area contributed by atoms with Crippen LogP contribution in [0.4, 0.5) is 4.39 Å². The first kappa shape index (κ1) is 16.4. The van der Waals surface area contributed by atoms with Crippen LogP contribution in [0.25, 0.3) is 0 Å². The monoisotopic (exact) mass is 416 g/mol. The average molecular weight is 418 g/mol. The van der Waals surface area contributed by atoms with E-state index in [-0.39, 0.29) is 11.9 Å². The second kappa shape index (κ2) is 7.35. The van der Waals surface area contributed by atoms with Gasteiger partial charge in [-0.1, -0.05) is 31.9 Å². The van der Waals surface area contributed by atoms with Crippen LogP contribution in [0.2, 0.25) is 0 Å². The molecule has 0 saturated heterocycles. The molecule has 0 aromatic heterocycles. The van der Waals surface area contributed by atoms with Crippen molar-refractivity contribution in [1.82, 2.24) is 5.43 Å². The number of methoxy groups -OCH3 is 1. The van der Waals surface area contributed by atoms with Crippen molar-refractivity contribution in [3.05, 3.63) is 62.3 Å². The summed E-state index contributed by atoms with van der Waals surface area (Å²) in [6.07, 6.45) is 0.554. The normalized spacial score (nSPS) is 12.2. The minimum absolute atomic E-state index is 0.164. The summed E-state index contributed by atoms with van der Waals surface area (Å²) < 4.78 is 20.3. The lowest BCUT2D eigenvalue weighted by atomic mass is 9.99. The molecule has 2 aromatic carbocycles. The van der Waals surface area contributed by atoms with E-state index in [2.05, 4.69) is 37.3 Å². The maximum atomic E-state index is 13.5. The molecule has 6 heteroatoms. The molecule has 112 valence electrons. The van der Waals surface area contributed by atoms with E-state index in [0.717, 1.165) is 21.3 Å². The van der Waals surface area contributed by atoms with Gasteiger partial charge in [0.2, 0.25) is 0 Å². The van der Waals surface area contributed by atoms with E-state index in [9.17, 15) is 4.39 Å². The van der Waals surface area contributed by atoms with Crippen LogP contribution < -0.4 is 16.0 Å². The van der Waals surface area contributed by atoms with E-state index >= 15 is 0 Å². The second-order valence-corrected chi connectivity index (χ2v) is 6.36. The number of nitrogens with two attached hydrogens (primary N) is 1. The van der Waals surface area contributed by atoms with Crippen LogP contribution in [-0.2, 0) is 6.42 Å². The van der Waals surface area contributed by atoms with Gasteiger partial charge in [0.1, 0.15) is 11.6 Å². The van der Waals surface area contributed by atoms with Gasteiger partial charge in [-0.2, -0.15) is 0 Å². The lowest BCUT2D eigenvalue weighted by Crippen LogP contribution is -2.30. The summed E-state index contributed by atoms with van der Waals surface area (Å²) in [5, 5.41) is 0. The van der Waals surface area contributed by atoms with Crippen molar-refractivity contribution in [2.45, 2.75) is 12.5 Å². The Labute approximate surface area is 139 Å². The number of rotatable bonds is 5. The zero-order valence-corrected chi connectivity index (χ0v) is 14.5. The van der Waals surface area contributed by atoms with Crippen molar-refractivity contribution in [1.29, 1.82) is 0 Å².